The molecule has 1 N–H and O–H groups in total. The van der Waals surface area contributed by atoms with Gasteiger partial charge in [0.05, 0.1) is 0 Å². The molecule has 1 unspecified atom stereocenters. The molecule has 1 amide bonds. The van der Waals surface area contributed by atoms with Gasteiger partial charge in [0.2, 0.25) is 5.91 Å². The summed E-state index contributed by atoms with van der Waals surface area (Å²) in [5, 5.41) is 3.08. The second kappa shape index (κ2) is 10.2. The van der Waals surface area contributed by atoms with Gasteiger partial charge in [-0.05, 0) is 34.9 Å². The lowest BCUT2D eigenvalue weighted by Gasteiger charge is -2.24. The van der Waals surface area contributed by atoms with Gasteiger partial charge in [-0.1, -0.05) is 89.4 Å². The van der Waals surface area contributed by atoms with Gasteiger partial charge in [-0.3, -0.25) is 9.59 Å². The molecule has 0 aliphatic carbocycles. The van der Waals surface area contributed by atoms with E-state index in [0.29, 0.717) is 12.0 Å². The van der Waals surface area contributed by atoms with Crippen LogP contribution >= 0.6 is 0 Å². The number of unbranched alkanes of at least 4 members (excludes halogenated alkanes) is 2. The summed E-state index contributed by atoms with van der Waals surface area (Å²) in [5.41, 5.74) is 3.44. The van der Waals surface area contributed by atoms with Crippen molar-refractivity contribution in [3.8, 4) is 0 Å². The van der Waals surface area contributed by atoms with Crippen LogP contribution in [0.3, 0.4) is 0 Å². The Bertz CT molecular complexity index is 775. The topological polar surface area (TPSA) is 46.2 Å². The molecule has 0 fully saturated rings. The second-order valence-electron chi connectivity index (χ2n) is 8.53. The maximum atomic E-state index is 12.9. The van der Waals surface area contributed by atoms with Crippen LogP contribution in [-0.4, -0.2) is 12.2 Å². The number of hydrogen-bond acceptors (Lipinski definition) is 2. The van der Waals surface area contributed by atoms with Crippen molar-refractivity contribution in [3.05, 3.63) is 65.2 Å². The summed E-state index contributed by atoms with van der Waals surface area (Å²) in [6.45, 7) is 8.51. The van der Waals surface area contributed by atoms with Crippen molar-refractivity contribution < 1.29 is 9.59 Å². The van der Waals surface area contributed by atoms with Gasteiger partial charge in [0.25, 0.3) is 0 Å². The Morgan fingerprint density at radius 3 is 2.39 bits per heavy atom. The zero-order chi connectivity index (χ0) is 20.6. The van der Waals surface area contributed by atoms with Crippen molar-refractivity contribution in [1.29, 1.82) is 0 Å². The molecular formula is C25H33NO2. The Labute approximate surface area is 169 Å². The number of carbonyl (C=O) groups excluding carboxylic acids is 2. The van der Waals surface area contributed by atoms with Gasteiger partial charge in [0, 0.05) is 17.7 Å². The van der Waals surface area contributed by atoms with E-state index in [0.717, 1.165) is 30.4 Å². The predicted octanol–water partition coefficient (Wildman–Crippen LogP) is 6.49. The average Bonchev–Trinajstić information content (AvgIpc) is 2.67. The number of nitrogens with one attached hydrogen (secondary N) is 1. The summed E-state index contributed by atoms with van der Waals surface area (Å²) < 4.78 is 0. The van der Waals surface area contributed by atoms with Crippen LogP contribution in [0.1, 0.15) is 87.2 Å². The first-order chi connectivity index (χ1) is 13.3. The lowest BCUT2D eigenvalue weighted by molar-refractivity contribution is -0.116. The van der Waals surface area contributed by atoms with E-state index in [2.05, 4.69) is 45.1 Å². The Balaban J connectivity index is 2.19. The van der Waals surface area contributed by atoms with E-state index in [1.807, 2.05) is 24.3 Å². The maximum absolute atomic E-state index is 12.9. The summed E-state index contributed by atoms with van der Waals surface area (Å²) in [4.78, 5) is 24.1. The summed E-state index contributed by atoms with van der Waals surface area (Å²) in [7, 11) is 0. The maximum Gasteiger partial charge on any atom is 0.224 e. The minimum atomic E-state index is -0.121. The lowest BCUT2D eigenvalue weighted by atomic mass is 9.85. The van der Waals surface area contributed by atoms with Gasteiger partial charge >= 0.3 is 0 Å². The molecule has 3 heteroatoms. The molecule has 0 radical (unpaired) electrons. The van der Waals surface area contributed by atoms with Crippen molar-refractivity contribution in [3.63, 3.8) is 0 Å². The van der Waals surface area contributed by atoms with E-state index >= 15 is 0 Å². The third-order valence-electron chi connectivity index (χ3n) is 5.12. The average molecular weight is 380 g/mol. The van der Waals surface area contributed by atoms with Gasteiger partial charge in [-0.25, -0.2) is 0 Å². The minimum absolute atomic E-state index is 0.00102. The molecule has 3 nitrogen and oxygen atoms in total. The number of amides is 1. The van der Waals surface area contributed by atoms with Gasteiger partial charge in [0.15, 0.2) is 0 Å². The number of hydrogen-bond donors (Lipinski definition) is 1. The zero-order valence-electron chi connectivity index (χ0n) is 17.6. The molecule has 28 heavy (non-hydrogen) atoms. The molecule has 0 heterocycles. The third-order valence-corrected chi connectivity index (χ3v) is 5.12. The van der Waals surface area contributed by atoms with Gasteiger partial charge in [0.1, 0.15) is 6.29 Å². The quantitative estimate of drug-likeness (QED) is 0.400. The summed E-state index contributed by atoms with van der Waals surface area (Å²) in [6, 6.07) is 15.8. The van der Waals surface area contributed by atoms with Crippen molar-refractivity contribution in [2.24, 2.45) is 0 Å². The highest BCUT2D eigenvalue weighted by molar-refractivity contribution is 5.93. The lowest BCUT2D eigenvalue weighted by Crippen LogP contribution is -2.20. The minimum Gasteiger partial charge on any atom is -0.326 e. The predicted molar refractivity (Wildman–Crippen MR) is 117 cm³/mol. The van der Waals surface area contributed by atoms with Crippen LogP contribution < -0.4 is 5.32 Å². The normalized spacial score (nSPS) is 12.4. The van der Waals surface area contributed by atoms with Crippen LogP contribution in [0, 0.1) is 0 Å². The molecule has 0 spiro atoms. The number of anilines is 1. The molecule has 2 aromatic carbocycles. The van der Waals surface area contributed by atoms with Crippen LogP contribution in [0.2, 0.25) is 0 Å². The first-order valence-corrected chi connectivity index (χ1v) is 10.3. The van der Waals surface area contributed by atoms with Gasteiger partial charge in [-0.15, -0.1) is 0 Å². The number of carbonyl (C=O) groups is 2. The molecule has 0 aliphatic heterocycles. The Kier molecular flexibility index (Phi) is 7.98. The van der Waals surface area contributed by atoms with E-state index < -0.39 is 0 Å². The van der Waals surface area contributed by atoms with Gasteiger partial charge in [-0.2, -0.15) is 0 Å². The molecule has 2 rings (SSSR count). The van der Waals surface area contributed by atoms with E-state index in [1.165, 1.54) is 18.4 Å². The summed E-state index contributed by atoms with van der Waals surface area (Å²) >= 11 is 0. The Morgan fingerprint density at radius 2 is 1.79 bits per heavy atom. The van der Waals surface area contributed by atoms with E-state index in [1.54, 1.807) is 12.1 Å². The molecule has 0 aromatic heterocycles. The van der Waals surface area contributed by atoms with Crippen LogP contribution in [0.25, 0.3) is 0 Å². The molecule has 150 valence electrons. The second-order valence-corrected chi connectivity index (χ2v) is 8.53. The SMILES string of the molecule is CCCCCC(CC(=O)Nc1cc(C=O)ccc1C(C)(C)C)c1ccccc1. The Hall–Kier alpha value is -2.42. The van der Waals surface area contributed by atoms with E-state index in [4.69, 9.17) is 0 Å². The fraction of sp³-hybridized carbons (Fsp3) is 0.440. The molecule has 1 atom stereocenters. The summed E-state index contributed by atoms with van der Waals surface area (Å²) in [6.07, 6.45) is 5.74. The largest absolute Gasteiger partial charge is 0.326 e. The van der Waals surface area contributed by atoms with E-state index in [9.17, 15) is 9.59 Å². The number of benzene rings is 2. The first-order valence-electron chi connectivity index (χ1n) is 10.3. The standard InChI is InChI=1S/C25H33NO2/c1-5-6-8-13-21(20-11-9-7-10-12-20)17-24(28)26-23-16-19(18-27)14-15-22(23)25(2,3)4/h7,9-12,14-16,18,21H,5-6,8,13,17H2,1-4H3,(H,26,28). The van der Waals surface area contributed by atoms with Crippen molar-refractivity contribution >= 4 is 17.9 Å². The molecule has 0 saturated carbocycles. The van der Waals surface area contributed by atoms with Crippen LogP contribution in [0.5, 0.6) is 0 Å². The smallest absolute Gasteiger partial charge is 0.224 e. The van der Waals surface area contributed by atoms with Crippen LogP contribution in [0.15, 0.2) is 48.5 Å². The van der Waals surface area contributed by atoms with Crippen LogP contribution in [-0.2, 0) is 10.2 Å². The Morgan fingerprint density at radius 1 is 1.07 bits per heavy atom. The van der Waals surface area contributed by atoms with Gasteiger partial charge < -0.3 is 5.32 Å². The highest BCUT2D eigenvalue weighted by atomic mass is 16.1. The van der Waals surface area contributed by atoms with Crippen molar-refractivity contribution in [2.45, 2.75) is 71.1 Å². The summed E-state index contributed by atoms with van der Waals surface area (Å²) in [5.74, 6) is 0.207. The number of rotatable bonds is 9. The highest BCUT2D eigenvalue weighted by Crippen LogP contribution is 2.31. The first kappa shape index (κ1) is 21.9. The van der Waals surface area contributed by atoms with Crippen LogP contribution in [0.4, 0.5) is 5.69 Å². The zero-order valence-corrected chi connectivity index (χ0v) is 17.6. The molecule has 0 saturated heterocycles. The van der Waals surface area contributed by atoms with Crippen molar-refractivity contribution in [2.75, 3.05) is 5.32 Å². The molecule has 2 aromatic rings. The monoisotopic (exact) mass is 379 g/mol. The van der Waals surface area contributed by atoms with E-state index in [-0.39, 0.29) is 17.2 Å². The van der Waals surface area contributed by atoms with Crippen molar-refractivity contribution in [1.82, 2.24) is 0 Å². The fourth-order valence-corrected chi connectivity index (χ4v) is 3.57. The fourth-order valence-electron chi connectivity index (χ4n) is 3.57. The highest BCUT2D eigenvalue weighted by Gasteiger charge is 2.21. The molecule has 0 aliphatic rings. The third kappa shape index (κ3) is 6.33. The number of aldehydes is 1. The molecule has 0 bridgehead atoms. The molecular weight excluding hydrogens is 346 g/mol.